The zero-order chi connectivity index (χ0) is 22.3. The molecule has 30 heavy (non-hydrogen) atoms. The van der Waals surface area contributed by atoms with Gasteiger partial charge in [0.2, 0.25) is 5.91 Å². The number of amides is 1. The summed E-state index contributed by atoms with van der Waals surface area (Å²) in [5.74, 6) is -1.93. The normalized spacial score (nSPS) is 11.1. The van der Waals surface area contributed by atoms with E-state index in [1.807, 2.05) is 0 Å². The first-order valence-corrected chi connectivity index (χ1v) is 8.41. The van der Waals surface area contributed by atoms with Crippen LogP contribution in [0.5, 0.6) is 11.5 Å². The summed E-state index contributed by atoms with van der Waals surface area (Å²) in [5, 5.41) is 2.57. The van der Waals surface area contributed by atoms with Crippen LogP contribution in [0.2, 0.25) is 0 Å². The molecule has 0 fully saturated rings. The van der Waals surface area contributed by atoms with Crippen LogP contribution < -0.4 is 14.8 Å². The molecule has 0 aromatic heterocycles. The zero-order valence-electron chi connectivity index (χ0n) is 15.8. The highest BCUT2D eigenvalue weighted by molar-refractivity contribution is 6.03. The van der Waals surface area contributed by atoms with Gasteiger partial charge in [-0.3, -0.25) is 4.79 Å². The van der Waals surface area contributed by atoms with Crippen LogP contribution in [0.1, 0.15) is 21.5 Å². The summed E-state index contributed by atoms with van der Waals surface area (Å²) in [6.07, 6.45) is 2.23. The summed E-state index contributed by atoms with van der Waals surface area (Å²) in [6, 6.07) is 7.68. The Morgan fingerprint density at radius 3 is 2.30 bits per heavy atom. The van der Waals surface area contributed by atoms with Crippen LogP contribution in [-0.2, 0) is 9.53 Å². The number of benzene rings is 2. The lowest BCUT2D eigenvalue weighted by molar-refractivity contribution is -0.111. The van der Waals surface area contributed by atoms with Gasteiger partial charge in [0.05, 0.1) is 12.7 Å². The molecule has 2 aromatic carbocycles. The maximum Gasteiger partial charge on any atom is 0.387 e. The lowest BCUT2D eigenvalue weighted by Crippen LogP contribution is -2.10. The van der Waals surface area contributed by atoms with Crippen LogP contribution in [0.15, 0.2) is 42.5 Å². The Morgan fingerprint density at radius 2 is 1.70 bits per heavy atom. The van der Waals surface area contributed by atoms with E-state index in [1.165, 1.54) is 37.5 Å². The van der Waals surface area contributed by atoms with Crippen molar-refractivity contribution in [3.05, 3.63) is 59.2 Å². The van der Waals surface area contributed by atoms with Gasteiger partial charge in [0.25, 0.3) is 0 Å². The van der Waals surface area contributed by atoms with E-state index in [1.54, 1.807) is 6.92 Å². The minimum atomic E-state index is -3.20. The number of aryl methyl sites for hydroxylation is 1. The molecule has 0 unspecified atom stereocenters. The molecule has 0 aliphatic carbocycles. The standard InChI is InChI=1S/C20H17F4NO5/c1-11-9-13(18(27)28-2)4-7-15(11)25-17(26)8-5-12-3-6-14(29-19(21)22)10-16(12)30-20(23)24/h3-10,19-20H,1-2H3,(H,25,26)/b8-5+. The first-order valence-electron chi connectivity index (χ1n) is 8.41. The minimum Gasteiger partial charge on any atom is -0.465 e. The van der Waals surface area contributed by atoms with E-state index < -0.39 is 30.8 Å². The van der Waals surface area contributed by atoms with Crippen molar-refractivity contribution >= 4 is 23.6 Å². The molecule has 2 aromatic rings. The van der Waals surface area contributed by atoms with Crippen molar-refractivity contribution in [3.63, 3.8) is 0 Å². The summed E-state index contributed by atoms with van der Waals surface area (Å²) in [6.45, 7) is -4.67. The SMILES string of the molecule is COC(=O)c1ccc(NC(=O)/C=C/c2ccc(OC(F)F)cc2OC(F)F)c(C)c1. The molecule has 6 nitrogen and oxygen atoms in total. The summed E-state index contributed by atoms with van der Waals surface area (Å²) < 4.78 is 62.8. The van der Waals surface area contributed by atoms with Crippen LogP contribution in [0.25, 0.3) is 6.08 Å². The van der Waals surface area contributed by atoms with E-state index in [0.717, 1.165) is 18.2 Å². The van der Waals surface area contributed by atoms with Crippen LogP contribution >= 0.6 is 0 Å². The van der Waals surface area contributed by atoms with Gasteiger partial charge in [-0.05, 0) is 48.9 Å². The molecular weight excluding hydrogens is 410 g/mol. The van der Waals surface area contributed by atoms with Gasteiger partial charge < -0.3 is 19.5 Å². The van der Waals surface area contributed by atoms with Gasteiger partial charge >= 0.3 is 19.2 Å². The predicted molar refractivity (Wildman–Crippen MR) is 99.9 cm³/mol. The number of anilines is 1. The Kier molecular flexibility index (Phi) is 7.79. The summed E-state index contributed by atoms with van der Waals surface area (Å²) in [7, 11) is 1.25. The Morgan fingerprint density at radius 1 is 1.00 bits per heavy atom. The number of nitrogens with one attached hydrogen (secondary N) is 1. The first-order chi connectivity index (χ1) is 14.2. The Balaban J connectivity index is 2.16. The van der Waals surface area contributed by atoms with E-state index >= 15 is 0 Å². The number of carbonyl (C=O) groups is 2. The second-order valence-electron chi connectivity index (χ2n) is 5.80. The fourth-order valence-corrected chi connectivity index (χ4v) is 2.42. The zero-order valence-corrected chi connectivity index (χ0v) is 15.8. The van der Waals surface area contributed by atoms with Gasteiger partial charge in [-0.25, -0.2) is 4.79 Å². The molecule has 0 aliphatic heterocycles. The van der Waals surface area contributed by atoms with Crippen LogP contribution in [0, 0.1) is 6.92 Å². The molecule has 0 atom stereocenters. The molecule has 0 saturated heterocycles. The highest BCUT2D eigenvalue weighted by atomic mass is 19.3. The largest absolute Gasteiger partial charge is 0.465 e. The quantitative estimate of drug-likeness (QED) is 0.378. The van der Waals surface area contributed by atoms with E-state index in [0.29, 0.717) is 16.8 Å². The van der Waals surface area contributed by atoms with E-state index in [4.69, 9.17) is 0 Å². The molecular formula is C20H17F4NO5. The van der Waals surface area contributed by atoms with Crippen molar-refractivity contribution in [2.24, 2.45) is 0 Å². The predicted octanol–water partition coefficient (Wildman–Crippen LogP) is 4.64. The molecule has 0 spiro atoms. The second kappa shape index (κ2) is 10.3. The summed E-state index contributed by atoms with van der Waals surface area (Å²) in [4.78, 5) is 23.7. The molecule has 1 N–H and O–H groups in total. The number of methoxy groups -OCH3 is 1. The van der Waals surface area contributed by atoms with Crippen LogP contribution in [-0.4, -0.2) is 32.2 Å². The van der Waals surface area contributed by atoms with E-state index in [9.17, 15) is 27.2 Å². The number of esters is 1. The Bertz CT molecular complexity index is 947. The van der Waals surface area contributed by atoms with Gasteiger partial charge in [-0.15, -0.1) is 0 Å². The Labute approximate surface area is 169 Å². The van der Waals surface area contributed by atoms with Gasteiger partial charge in [-0.2, -0.15) is 17.6 Å². The number of hydrogen-bond donors (Lipinski definition) is 1. The summed E-state index contributed by atoms with van der Waals surface area (Å²) in [5.41, 5.74) is 1.37. The average molecular weight is 427 g/mol. The third-order valence-corrected chi connectivity index (χ3v) is 3.75. The van der Waals surface area contributed by atoms with Crippen molar-refractivity contribution in [1.29, 1.82) is 0 Å². The molecule has 0 heterocycles. The van der Waals surface area contributed by atoms with Gasteiger partial charge in [-0.1, -0.05) is 0 Å². The van der Waals surface area contributed by atoms with Crippen LogP contribution in [0.3, 0.4) is 0 Å². The number of rotatable bonds is 8. The molecule has 0 radical (unpaired) electrons. The smallest absolute Gasteiger partial charge is 0.387 e. The highest BCUT2D eigenvalue weighted by Gasteiger charge is 2.13. The maximum absolute atomic E-state index is 12.6. The number of alkyl halides is 4. The van der Waals surface area contributed by atoms with Gasteiger partial charge in [0, 0.05) is 23.4 Å². The minimum absolute atomic E-state index is 0.0461. The third-order valence-electron chi connectivity index (χ3n) is 3.75. The van der Waals surface area contributed by atoms with Crippen molar-refractivity contribution in [1.82, 2.24) is 0 Å². The highest BCUT2D eigenvalue weighted by Crippen LogP contribution is 2.28. The van der Waals surface area contributed by atoms with E-state index in [-0.39, 0.29) is 11.3 Å². The maximum atomic E-state index is 12.6. The number of halogens is 4. The van der Waals surface area contributed by atoms with Crippen molar-refractivity contribution in [2.75, 3.05) is 12.4 Å². The van der Waals surface area contributed by atoms with Gasteiger partial charge in [0.1, 0.15) is 11.5 Å². The fourth-order valence-electron chi connectivity index (χ4n) is 2.42. The molecule has 0 bridgehead atoms. The van der Waals surface area contributed by atoms with Crippen molar-refractivity contribution in [3.8, 4) is 11.5 Å². The number of hydrogen-bond acceptors (Lipinski definition) is 5. The molecule has 2 rings (SSSR count). The molecule has 0 aliphatic rings. The topological polar surface area (TPSA) is 73.9 Å². The van der Waals surface area contributed by atoms with E-state index in [2.05, 4.69) is 19.5 Å². The van der Waals surface area contributed by atoms with Crippen molar-refractivity contribution < 1.29 is 41.4 Å². The molecule has 1 amide bonds. The Hall–Kier alpha value is -3.56. The molecule has 0 saturated carbocycles. The lowest BCUT2D eigenvalue weighted by Gasteiger charge is -2.11. The average Bonchev–Trinajstić information content (AvgIpc) is 2.67. The molecule has 10 heteroatoms. The lowest BCUT2D eigenvalue weighted by atomic mass is 10.1. The number of carbonyl (C=O) groups excluding carboxylic acids is 2. The molecule has 160 valence electrons. The summed E-state index contributed by atoms with van der Waals surface area (Å²) >= 11 is 0. The fraction of sp³-hybridized carbons (Fsp3) is 0.200. The number of ether oxygens (including phenoxy) is 3. The van der Waals surface area contributed by atoms with Crippen LogP contribution in [0.4, 0.5) is 23.2 Å². The van der Waals surface area contributed by atoms with Gasteiger partial charge in [0.15, 0.2) is 0 Å². The monoisotopic (exact) mass is 427 g/mol. The third kappa shape index (κ3) is 6.50. The van der Waals surface area contributed by atoms with Crippen molar-refractivity contribution in [2.45, 2.75) is 20.1 Å². The second-order valence-corrected chi connectivity index (χ2v) is 5.80. The first kappa shape index (κ1) is 22.7.